The van der Waals surface area contributed by atoms with Crippen LogP contribution in [0, 0.1) is 23.2 Å². The number of rotatable bonds is 7. The van der Waals surface area contributed by atoms with Crippen LogP contribution in [0.15, 0.2) is 0 Å². The molecule has 2 saturated carbocycles. The summed E-state index contributed by atoms with van der Waals surface area (Å²) in [7, 11) is 0. The molecule has 2 aliphatic rings. The molecule has 1 N–H and O–H groups in total. The first-order chi connectivity index (χ1) is 8.07. The van der Waals surface area contributed by atoms with Gasteiger partial charge in [-0.3, -0.25) is 5.32 Å². The number of hydrogen-bond acceptors (Lipinski definition) is 3. The molecule has 2 fully saturated rings. The fourth-order valence-electron chi connectivity index (χ4n) is 2.06. The number of thioether (sulfide) groups is 1. The van der Waals surface area contributed by atoms with Crippen LogP contribution in [0.4, 0.5) is 0 Å². The smallest absolute Gasteiger partial charge is 0.118 e. The zero-order valence-corrected chi connectivity index (χ0v) is 12.0. The Morgan fingerprint density at radius 2 is 1.94 bits per heavy atom. The predicted molar refractivity (Wildman–Crippen MR) is 74.0 cm³/mol. The first-order valence-corrected chi connectivity index (χ1v) is 7.93. The molecular formula is C14H24N2S. The van der Waals surface area contributed by atoms with E-state index in [9.17, 15) is 5.26 Å². The summed E-state index contributed by atoms with van der Waals surface area (Å²) in [6.45, 7) is 6.80. The maximum absolute atomic E-state index is 9.59. The van der Waals surface area contributed by atoms with Gasteiger partial charge in [0.1, 0.15) is 5.54 Å². The summed E-state index contributed by atoms with van der Waals surface area (Å²) < 4.78 is 0. The van der Waals surface area contributed by atoms with Crippen molar-refractivity contribution in [3.63, 3.8) is 0 Å². The molecule has 0 saturated heterocycles. The highest BCUT2D eigenvalue weighted by Crippen LogP contribution is 2.43. The first-order valence-electron chi connectivity index (χ1n) is 6.88. The van der Waals surface area contributed by atoms with Crippen LogP contribution in [-0.4, -0.2) is 22.6 Å². The van der Waals surface area contributed by atoms with Crippen molar-refractivity contribution in [1.82, 2.24) is 5.32 Å². The van der Waals surface area contributed by atoms with E-state index in [-0.39, 0.29) is 5.54 Å². The van der Waals surface area contributed by atoms with Crippen LogP contribution >= 0.6 is 11.8 Å². The summed E-state index contributed by atoms with van der Waals surface area (Å²) in [5.41, 5.74) is -0.227. The topological polar surface area (TPSA) is 35.8 Å². The quantitative estimate of drug-likeness (QED) is 0.756. The van der Waals surface area contributed by atoms with Gasteiger partial charge >= 0.3 is 0 Å². The summed E-state index contributed by atoms with van der Waals surface area (Å²) in [4.78, 5) is 0. The molecule has 0 aromatic rings. The minimum absolute atomic E-state index is 0.227. The van der Waals surface area contributed by atoms with Crippen LogP contribution in [0.1, 0.15) is 46.5 Å². The molecule has 0 aliphatic heterocycles. The van der Waals surface area contributed by atoms with E-state index in [4.69, 9.17) is 0 Å². The van der Waals surface area contributed by atoms with Crippen molar-refractivity contribution in [3.8, 4) is 6.07 Å². The van der Waals surface area contributed by atoms with E-state index in [1.807, 2.05) is 11.8 Å². The number of hydrogen-bond donors (Lipinski definition) is 1. The monoisotopic (exact) mass is 252 g/mol. The third-order valence-electron chi connectivity index (χ3n) is 4.03. The Bertz CT molecular complexity index is 302. The molecule has 0 bridgehead atoms. The third-order valence-corrected chi connectivity index (χ3v) is 5.72. The molecule has 3 heteroatoms. The molecule has 0 heterocycles. The van der Waals surface area contributed by atoms with E-state index >= 15 is 0 Å². The van der Waals surface area contributed by atoms with Gasteiger partial charge in [-0.25, -0.2) is 0 Å². The van der Waals surface area contributed by atoms with Crippen LogP contribution in [0.3, 0.4) is 0 Å². The number of nitrogens with one attached hydrogen (secondary N) is 1. The normalized spacial score (nSPS) is 25.4. The minimum atomic E-state index is -0.227. The Hall–Kier alpha value is -0.200. The van der Waals surface area contributed by atoms with E-state index in [0.29, 0.717) is 23.1 Å². The maximum Gasteiger partial charge on any atom is 0.118 e. The summed E-state index contributed by atoms with van der Waals surface area (Å²) in [6.07, 6.45) is 5.01. The highest BCUT2D eigenvalue weighted by Gasteiger charge is 2.48. The van der Waals surface area contributed by atoms with Crippen LogP contribution in [-0.2, 0) is 0 Å². The molecule has 96 valence electrons. The highest BCUT2D eigenvalue weighted by atomic mass is 32.2. The van der Waals surface area contributed by atoms with Crippen molar-refractivity contribution in [3.05, 3.63) is 0 Å². The van der Waals surface area contributed by atoms with Crippen molar-refractivity contribution in [2.45, 2.75) is 63.3 Å². The third kappa shape index (κ3) is 3.39. The first kappa shape index (κ1) is 13.2. The van der Waals surface area contributed by atoms with Crippen molar-refractivity contribution in [1.29, 1.82) is 5.26 Å². The second kappa shape index (κ2) is 5.20. The molecule has 17 heavy (non-hydrogen) atoms. The van der Waals surface area contributed by atoms with Gasteiger partial charge in [0, 0.05) is 17.0 Å². The van der Waals surface area contributed by atoms with Crippen molar-refractivity contribution >= 4 is 11.8 Å². The van der Waals surface area contributed by atoms with E-state index in [1.54, 1.807) is 0 Å². The molecule has 2 aliphatic carbocycles. The predicted octanol–water partition coefficient (Wildman–Crippen LogP) is 3.19. The fraction of sp³-hybridized carbons (Fsp3) is 0.929. The number of nitriles is 1. The Morgan fingerprint density at radius 3 is 2.35 bits per heavy atom. The van der Waals surface area contributed by atoms with Gasteiger partial charge in [-0.05, 0) is 37.5 Å². The Labute approximate surface area is 110 Å². The van der Waals surface area contributed by atoms with Gasteiger partial charge in [-0.2, -0.15) is 17.0 Å². The molecule has 0 aromatic heterocycles. The molecule has 0 radical (unpaired) electrons. The zero-order valence-electron chi connectivity index (χ0n) is 11.2. The van der Waals surface area contributed by atoms with Crippen LogP contribution in [0.2, 0.25) is 0 Å². The van der Waals surface area contributed by atoms with Gasteiger partial charge in [-0.1, -0.05) is 20.8 Å². The van der Waals surface area contributed by atoms with Crippen molar-refractivity contribution in [2.24, 2.45) is 11.8 Å². The molecule has 0 aromatic carbocycles. The Balaban J connectivity index is 1.92. The molecule has 2 rings (SSSR count). The van der Waals surface area contributed by atoms with Crippen molar-refractivity contribution in [2.75, 3.05) is 5.75 Å². The average Bonchev–Trinajstić information content (AvgIpc) is 3.15. The summed E-state index contributed by atoms with van der Waals surface area (Å²) in [5, 5.41) is 13.9. The lowest BCUT2D eigenvalue weighted by atomic mass is 9.97. The van der Waals surface area contributed by atoms with E-state index in [1.165, 1.54) is 25.7 Å². The lowest BCUT2D eigenvalue weighted by Crippen LogP contribution is -2.50. The summed E-state index contributed by atoms with van der Waals surface area (Å²) in [5.74, 6) is 2.26. The molecule has 2 nitrogen and oxygen atoms in total. The van der Waals surface area contributed by atoms with Gasteiger partial charge in [-0.15, -0.1) is 0 Å². The second-order valence-electron chi connectivity index (χ2n) is 6.04. The van der Waals surface area contributed by atoms with Crippen LogP contribution in [0.5, 0.6) is 0 Å². The molecule has 2 unspecified atom stereocenters. The van der Waals surface area contributed by atoms with E-state index in [2.05, 4.69) is 32.2 Å². The second-order valence-corrected chi connectivity index (χ2v) is 7.40. The van der Waals surface area contributed by atoms with Gasteiger partial charge < -0.3 is 0 Å². The zero-order chi connectivity index (χ0) is 12.5. The fourth-order valence-corrected chi connectivity index (χ4v) is 3.35. The standard InChI is InChI=1S/C14H24N2S/c1-10(2)11(3)17-9-14(8-15,12-4-5-12)16-13-6-7-13/h10-13,16H,4-7,9H2,1-3H3. The van der Waals surface area contributed by atoms with Gasteiger partial charge in [0.25, 0.3) is 0 Å². The lowest BCUT2D eigenvalue weighted by Gasteiger charge is -2.29. The van der Waals surface area contributed by atoms with E-state index in [0.717, 1.165) is 5.75 Å². The number of nitrogens with zero attached hydrogens (tertiary/aromatic N) is 1. The summed E-state index contributed by atoms with van der Waals surface area (Å²) >= 11 is 1.97. The molecule has 0 spiro atoms. The Morgan fingerprint density at radius 1 is 1.29 bits per heavy atom. The highest BCUT2D eigenvalue weighted by molar-refractivity contribution is 7.99. The minimum Gasteiger partial charge on any atom is -0.296 e. The maximum atomic E-state index is 9.59. The van der Waals surface area contributed by atoms with Gasteiger partial charge in [0.15, 0.2) is 0 Å². The average molecular weight is 252 g/mol. The van der Waals surface area contributed by atoms with E-state index < -0.39 is 0 Å². The van der Waals surface area contributed by atoms with Gasteiger partial charge in [0.05, 0.1) is 6.07 Å². The molecular weight excluding hydrogens is 228 g/mol. The molecule has 2 atom stereocenters. The van der Waals surface area contributed by atoms with Crippen LogP contribution in [0.25, 0.3) is 0 Å². The SMILES string of the molecule is CC(C)C(C)SCC(C#N)(NC1CC1)C1CC1. The van der Waals surface area contributed by atoms with Gasteiger partial charge in [0.2, 0.25) is 0 Å². The van der Waals surface area contributed by atoms with Crippen molar-refractivity contribution < 1.29 is 0 Å². The lowest BCUT2D eigenvalue weighted by molar-refractivity contribution is 0.400. The largest absolute Gasteiger partial charge is 0.296 e. The molecule has 0 amide bonds. The summed E-state index contributed by atoms with van der Waals surface area (Å²) in [6, 6.07) is 3.24. The Kier molecular flexibility index (Phi) is 4.05. The van der Waals surface area contributed by atoms with Crippen LogP contribution < -0.4 is 5.32 Å².